The Labute approximate surface area is 73.8 Å². The first-order valence-corrected chi connectivity index (χ1v) is 4.39. The Morgan fingerprint density at radius 3 is 2.58 bits per heavy atom. The first-order valence-electron chi connectivity index (χ1n) is 4.39. The van der Waals surface area contributed by atoms with Crippen molar-refractivity contribution < 1.29 is 0 Å². The average Bonchev–Trinajstić information content (AvgIpc) is 2.04. The third-order valence-electron chi connectivity index (χ3n) is 2.10. The number of hydrogen-bond donors (Lipinski definition) is 1. The molecule has 0 spiro atoms. The molecule has 1 heterocycles. The molecule has 0 amide bonds. The lowest BCUT2D eigenvalue weighted by atomic mass is 10.0. The molecule has 0 bridgehead atoms. The predicted molar refractivity (Wildman–Crippen MR) is 52.1 cm³/mol. The molecule has 12 heavy (non-hydrogen) atoms. The zero-order valence-electron chi connectivity index (χ0n) is 7.96. The minimum absolute atomic E-state index is 0.462. The van der Waals surface area contributed by atoms with Crippen molar-refractivity contribution in [3.63, 3.8) is 0 Å². The van der Waals surface area contributed by atoms with Gasteiger partial charge in [0, 0.05) is 18.1 Å². The van der Waals surface area contributed by atoms with E-state index in [0.717, 1.165) is 23.2 Å². The molecule has 2 nitrogen and oxygen atoms in total. The van der Waals surface area contributed by atoms with Crippen LogP contribution in [-0.2, 0) is 6.42 Å². The second-order valence-corrected chi connectivity index (χ2v) is 3.31. The van der Waals surface area contributed by atoms with Gasteiger partial charge in [-0.3, -0.25) is 4.98 Å². The van der Waals surface area contributed by atoms with Crippen LogP contribution in [0.25, 0.3) is 0 Å². The lowest BCUT2D eigenvalue weighted by molar-refractivity contribution is 0.856. The van der Waals surface area contributed by atoms with Crippen LogP contribution < -0.4 is 5.73 Å². The maximum absolute atomic E-state index is 5.95. The molecule has 1 aromatic heterocycles. The number of aromatic nitrogens is 1. The maximum atomic E-state index is 5.95. The normalized spacial score (nSPS) is 10.7. The van der Waals surface area contributed by atoms with Gasteiger partial charge in [0.05, 0.1) is 0 Å². The van der Waals surface area contributed by atoms with Gasteiger partial charge in [-0.2, -0.15) is 0 Å². The van der Waals surface area contributed by atoms with E-state index in [-0.39, 0.29) is 0 Å². The molecule has 1 rings (SSSR count). The fourth-order valence-corrected chi connectivity index (χ4v) is 1.27. The predicted octanol–water partition coefficient (Wildman–Crippen LogP) is 2.35. The lowest BCUT2D eigenvalue weighted by Gasteiger charge is -2.11. The van der Waals surface area contributed by atoms with E-state index in [1.165, 1.54) is 0 Å². The standard InChI is InChI=1S/C10H16N2/c1-4-8-5-12-6-9(7(2)3)10(8)11/h5-7H,4H2,1-3H3,(H2,11,12). The molecule has 0 aliphatic carbocycles. The summed E-state index contributed by atoms with van der Waals surface area (Å²) in [5, 5.41) is 0. The number of nitrogens with two attached hydrogens (primary N) is 1. The van der Waals surface area contributed by atoms with Crippen LogP contribution in [0, 0.1) is 0 Å². The van der Waals surface area contributed by atoms with E-state index >= 15 is 0 Å². The Morgan fingerprint density at radius 2 is 2.08 bits per heavy atom. The van der Waals surface area contributed by atoms with E-state index in [0.29, 0.717) is 5.92 Å². The molecule has 0 unspecified atom stereocenters. The van der Waals surface area contributed by atoms with Gasteiger partial charge in [0.15, 0.2) is 0 Å². The van der Waals surface area contributed by atoms with E-state index in [1.807, 2.05) is 12.4 Å². The third-order valence-corrected chi connectivity index (χ3v) is 2.10. The van der Waals surface area contributed by atoms with Crippen LogP contribution in [0.2, 0.25) is 0 Å². The zero-order valence-corrected chi connectivity index (χ0v) is 7.96. The summed E-state index contributed by atoms with van der Waals surface area (Å²) < 4.78 is 0. The van der Waals surface area contributed by atoms with Gasteiger partial charge in [-0.25, -0.2) is 0 Å². The van der Waals surface area contributed by atoms with Gasteiger partial charge in [-0.15, -0.1) is 0 Å². The van der Waals surface area contributed by atoms with Crippen molar-refractivity contribution in [2.24, 2.45) is 0 Å². The van der Waals surface area contributed by atoms with Gasteiger partial charge in [0.25, 0.3) is 0 Å². The van der Waals surface area contributed by atoms with Gasteiger partial charge < -0.3 is 5.73 Å². The number of nitrogen functional groups attached to an aromatic ring is 1. The van der Waals surface area contributed by atoms with Gasteiger partial charge in [-0.1, -0.05) is 20.8 Å². The molecule has 0 fully saturated rings. The maximum Gasteiger partial charge on any atom is 0.0412 e. The second-order valence-electron chi connectivity index (χ2n) is 3.31. The molecule has 0 radical (unpaired) electrons. The summed E-state index contributed by atoms with van der Waals surface area (Å²) in [5.41, 5.74) is 9.19. The van der Waals surface area contributed by atoms with E-state index in [9.17, 15) is 0 Å². The SMILES string of the molecule is CCc1cncc(C(C)C)c1N. The third kappa shape index (κ3) is 1.58. The number of hydrogen-bond acceptors (Lipinski definition) is 2. The number of nitrogens with zero attached hydrogens (tertiary/aromatic N) is 1. The van der Waals surface area contributed by atoms with Crippen molar-refractivity contribution in [3.05, 3.63) is 23.5 Å². The molecular weight excluding hydrogens is 148 g/mol. The number of pyridine rings is 1. The van der Waals surface area contributed by atoms with Crippen LogP contribution >= 0.6 is 0 Å². The molecule has 0 aliphatic rings. The molecule has 2 N–H and O–H groups in total. The van der Waals surface area contributed by atoms with Crippen molar-refractivity contribution in [1.82, 2.24) is 4.98 Å². The number of aryl methyl sites for hydroxylation is 1. The highest BCUT2D eigenvalue weighted by molar-refractivity contribution is 5.53. The Morgan fingerprint density at radius 1 is 1.42 bits per heavy atom. The first kappa shape index (κ1) is 9.04. The van der Waals surface area contributed by atoms with Crippen LogP contribution in [0.4, 0.5) is 5.69 Å². The molecule has 0 saturated carbocycles. The quantitative estimate of drug-likeness (QED) is 0.728. The number of rotatable bonds is 2. The largest absolute Gasteiger partial charge is 0.398 e. The Kier molecular flexibility index (Phi) is 2.69. The Hall–Kier alpha value is -1.05. The molecule has 66 valence electrons. The highest BCUT2D eigenvalue weighted by Gasteiger charge is 2.06. The minimum atomic E-state index is 0.462. The fraction of sp³-hybridized carbons (Fsp3) is 0.500. The number of anilines is 1. The summed E-state index contributed by atoms with van der Waals surface area (Å²) in [7, 11) is 0. The summed E-state index contributed by atoms with van der Waals surface area (Å²) in [6.45, 7) is 6.36. The Balaban J connectivity index is 3.14. The van der Waals surface area contributed by atoms with Crippen LogP contribution in [0.1, 0.15) is 37.8 Å². The summed E-state index contributed by atoms with van der Waals surface area (Å²) in [6, 6.07) is 0. The molecular formula is C10H16N2. The smallest absolute Gasteiger partial charge is 0.0412 e. The average molecular weight is 164 g/mol. The minimum Gasteiger partial charge on any atom is -0.398 e. The van der Waals surface area contributed by atoms with Gasteiger partial charge in [-0.05, 0) is 23.5 Å². The summed E-state index contributed by atoms with van der Waals surface area (Å²) >= 11 is 0. The van der Waals surface area contributed by atoms with E-state index in [1.54, 1.807) is 0 Å². The highest BCUT2D eigenvalue weighted by Crippen LogP contribution is 2.23. The zero-order chi connectivity index (χ0) is 9.14. The molecule has 0 aliphatic heterocycles. The van der Waals surface area contributed by atoms with Crippen molar-refractivity contribution in [2.45, 2.75) is 33.1 Å². The van der Waals surface area contributed by atoms with Crippen LogP contribution in [0.5, 0.6) is 0 Å². The fourth-order valence-electron chi connectivity index (χ4n) is 1.27. The molecule has 0 atom stereocenters. The topological polar surface area (TPSA) is 38.9 Å². The van der Waals surface area contributed by atoms with Crippen LogP contribution in [-0.4, -0.2) is 4.98 Å². The Bertz CT molecular complexity index is 267. The molecule has 0 aromatic carbocycles. The van der Waals surface area contributed by atoms with E-state index in [2.05, 4.69) is 25.8 Å². The van der Waals surface area contributed by atoms with Gasteiger partial charge in [0.1, 0.15) is 0 Å². The molecule has 0 saturated heterocycles. The van der Waals surface area contributed by atoms with Gasteiger partial charge >= 0.3 is 0 Å². The highest BCUT2D eigenvalue weighted by atomic mass is 14.7. The van der Waals surface area contributed by atoms with E-state index < -0.39 is 0 Å². The molecule has 2 heteroatoms. The van der Waals surface area contributed by atoms with Crippen molar-refractivity contribution in [3.8, 4) is 0 Å². The monoisotopic (exact) mass is 164 g/mol. The lowest BCUT2D eigenvalue weighted by Crippen LogP contribution is -2.01. The van der Waals surface area contributed by atoms with E-state index in [4.69, 9.17) is 5.73 Å². The van der Waals surface area contributed by atoms with Crippen molar-refractivity contribution >= 4 is 5.69 Å². The summed E-state index contributed by atoms with van der Waals surface area (Å²) in [5.74, 6) is 0.462. The van der Waals surface area contributed by atoms with Crippen LogP contribution in [0.15, 0.2) is 12.4 Å². The van der Waals surface area contributed by atoms with Gasteiger partial charge in [0.2, 0.25) is 0 Å². The second kappa shape index (κ2) is 3.57. The van der Waals surface area contributed by atoms with Crippen molar-refractivity contribution in [2.75, 3.05) is 5.73 Å². The van der Waals surface area contributed by atoms with Crippen LogP contribution in [0.3, 0.4) is 0 Å². The first-order chi connectivity index (χ1) is 5.66. The summed E-state index contributed by atoms with van der Waals surface area (Å²) in [6.07, 6.45) is 4.67. The summed E-state index contributed by atoms with van der Waals surface area (Å²) in [4.78, 5) is 4.16. The molecule has 1 aromatic rings. The van der Waals surface area contributed by atoms with Crippen molar-refractivity contribution in [1.29, 1.82) is 0 Å².